The summed E-state index contributed by atoms with van der Waals surface area (Å²) in [5.41, 5.74) is 3.18. The maximum Gasteiger partial charge on any atom is 0.255 e. The van der Waals surface area contributed by atoms with Gasteiger partial charge in [-0.2, -0.15) is 0 Å². The highest BCUT2D eigenvalue weighted by molar-refractivity contribution is 6.05. The van der Waals surface area contributed by atoms with Crippen molar-refractivity contribution in [1.82, 2.24) is 20.9 Å². The molecule has 1 aromatic rings. The van der Waals surface area contributed by atoms with Gasteiger partial charge >= 0.3 is 0 Å². The van der Waals surface area contributed by atoms with Crippen LogP contribution in [0.4, 0.5) is 0 Å². The first-order chi connectivity index (χ1) is 14.0. The molecule has 3 N–H and O–H groups in total. The SMILES string of the molecule is O=C1CCC(N2Cc3c(CNC4CCC5(CCCN5)C4)cccc3C2=O)C(=O)N1. The average Bonchev–Trinajstić information content (AvgIpc) is 3.42. The lowest BCUT2D eigenvalue weighted by Crippen LogP contribution is -2.52. The number of nitrogens with zero attached hydrogens (tertiary/aromatic N) is 1. The van der Waals surface area contributed by atoms with Crippen LogP contribution in [0, 0.1) is 0 Å². The molecule has 4 aliphatic rings. The molecule has 29 heavy (non-hydrogen) atoms. The van der Waals surface area contributed by atoms with E-state index in [1.54, 1.807) is 4.90 Å². The minimum Gasteiger partial charge on any atom is -0.322 e. The number of carbonyl (C=O) groups excluding carboxylic acids is 3. The lowest BCUT2D eigenvalue weighted by atomic mass is 9.95. The predicted octanol–water partition coefficient (Wildman–Crippen LogP) is 1.21. The molecule has 7 heteroatoms. The Hall–Kier alpha value is -2.25. The van der Waals surface area contributed by atoms with Gasteiger partial charge in [-0.05, 0) is 62.3 Å². The first-order valence-corrected chi connectivity index (χ1v) is 10.8. The highest BCUT2D eigenvalue weighted by atomic mass is 16.2. The number of fused-ring (bicyclic) bond motifs is 1. The Balaban J connectivity index is 1.27. The van der Waals surface area contributed by atoms with Crippen molar-refractivity contribution in [3.63, 3.8) is 0 Å². The van der Waals surface area contributed by atoms with Gasteiger partial charge in [0.05, 0.1) is 0 Å². The van der Waals surface area contributed by atoms with Crippen LogP contribution >= 0.6 is 0 Å². The lowest BCUT2D eigenvalue weighted by Gasteiger charge is -2.29. The van der Waals surface area contributed by atoms with E-state index in [1.807, 2.05) is 12.1 Å². The molecule has 0 radical (unpaired) electrons. The number of carbonyl (C=O) groups is 3. The summed E-state index contributed by atoms with van der Waals surface area (Å²) < 4.78 is 0. The predicted molar refractivity (Wildman–Crippen MR) is 107 cm³/mol. The number of hydrogen-bond acceptors (Lipinski definition) is 5. The minimum absolute atomic E-state index is 0.105. The molecule has 1 aromatic carbocycles. The van der Waals surface area contributed by atoms with E-state index >= 15 is 0 Å². The highest BCUT2D eigenvalue weighted by Crippen LogP contribution is 2.37. The van der Waals surface area contributed by atoms with Gasteiger partial charge in [0.15, 0.2) is 0 Å². The number of rotatable bonds is 4. The molecule has 3 fully saturated rings. The van der Waals surface area contributed by atoms with Crippen LogP contribution in [0.3, 0.4) is 0 Å². The molecule has 3 heterocycles. The summed E-state index contributed by atoms with van der Waals surface area (Å²) in [6.07, 6.45) is 6.82. The van der Waals surface area contributed by atoms with Crippen LogP contribution in [-0.4, -0.2) is 46.8 Å². The van der Waals surface area contributed by atoms with Crippen LogP contribution < -0.4 is 16.0 Å². The van der Waals surface area contributed by atoms with Gasteiger partial charge in [0.25, 0.3) is 5.91 Å². The van der Waals surface area contributed by atoms with Crippen molar-refractivity contribution >= 4 is 17.7 Å². The van der Waals surface area contributed by atoms with Crippen molar-refractivity contribution in [3.8, 4) is 0 Å². The second kappa shape index (κ2) is 7.22. The third-order valence-electron chi connectivity index (χ3n) is 7.20. The second-order valence-electron chi connectivity index (χ2n) is 8.97. The van der Waals surface area contributed by atoms with Gasteiger partial charge in [0.1, 0.15) is 6.04 Å². The van der Waals surface area contributed by atoms with Crippen molar-refractivity contribution in [1.29, 1.82) is 0 Å². The molecule has 3 atom stereocenters. The molecule has 1 spiro atoms. The molecule has 7 nitrogen and oxygen atoms in total. The Labute approximate surface area is 170 Å². The number of nitrogens with one attached hydrogen (secondary N) is 3. The number of piperidine rings is 1. The van der Waals surface area contributed by atoms with Crippen LogP contribution in [0.5, 0.6) is 0 Å². The maximum absolute atomic E-state index is 12.9. The lowest BCUT2D eigenvalue weighted by molar-refractivity contribution is -0.136. The highest BCUT2D eigenvalue weighted by Gasteiger charge is 2.41. The summed E-state index contributed by atoms with van der Waals surface area (Å²) in [6, 6.07) is 5.79. The quantitative estimate of drug-likeness (QED) is 0.666. The normalized spacial score (nSPS) is 31.6. The van der Waals surface area contributed by atoms with Gasteiger partial charge in [-0.1, -0.05) is 12.1 Å². The third kappa shape index (κ3) is 3.36. The Morgan fingerprint density at radius 2 is 2.07 bits per heavy atom. The van der Waals surface area contributed by atoms with Crippen molar-refractivity contribution in [2.24, 2.45) is 0 Å². The van der Waals surface area contributed by atoms with Gasteiger partial charge in [-0.25, -0.2) is 0 Å². The first kappa shape index (κ1) is 18.8. The standard InChI is InChI=1S/C22H28N4O3/c27-19-6-5-18(20(28)25-19)26-13-17-14(3-1-4-16(17)21(26)29)12-23-15-7-9-22(11-15)8-2-10-24-22/h1,3-4,15,18,23-24H,2,5-13H2,(H,25,27,28). The topological polar surface area (TPSA) is 90.5 Å². The summed E-state index contributed by atoms with van der Waals surface area (Å²) in [5.74, 6) is -0.722. The molecule has 0 bridgehead atoms. The van der Waals surface area contributed by atoms with E-state index in [1.165, 1.54) is 32.1 Å². The van der Waals surface area contributed by atoms with Crippen LogP contribution in [0.1, 0.15) is 66.4 Å². The third-order valence-corrected chi connectivity index (χ3v) is 7.20. The number of hydrogen-bond donors (Lipinski definition) is 3. The fourth-order valence-corrected chi connectivity index (χ4v) is 5.63. The fraction of sp³-hybridized carbons (Fsp3) is 0.591. The van der Waals surface area contributed by atoms with Crippen molar-refractivity contribution in [3.05, 3.63) is 34.9 Å². The van der Waals surface area contributed by atoms with Gasteiger partial charge in [-0.15, -0.1) is 0 Å². The molecular formula is C22H28N4O3. The zero-order chi connectivity index (χ0) is 20.0. The van der Waals surface area contributed by atoms with Gasteiger partial charge in [-0.3, -0.25) is 19.7 Å². The van der Waals surface area contributed by atoms with Crippen molar-refractivity contribution < 1.29 is 14.4 Å². The summed E-state index contributed by atoms with van der Waals surface area (Å²) >= 11 is 0. The van der Waals surface area contributed by atoms with E-state index in [0.717, 1.165) is 24.2 Å². The van der Waals surface area contributed by atoms with E-state index in [-0.39, 0.29) is 24.1 Å². The number of amides is 3. The van der Waals surface area contributed by atoms with E-state index < -0.39 is 6.04 Å². The van der Waals surface area contributed by atoms with Gasteiger partial charge in [0.2, 0.25) is 11.8 Å². The molecule has 5 rings (SSSR count). The largest absolute Gasteiger partial charge is 0.322 e. The first-order valence-electron chi connectivity index (χ1n) is 10.8. The minimum atomic E-state index is -0.559. The summed E-state index contributed by atoms with van der Waals surface area (Å²) in [5, 5.41) is 9.78. The summed E-state index contributed by atoms with van der Waals surface area (Å²) in [7, 11) is 0. The average molecular weight is 396 g/mol. The Kier molecular flexibility index (Phi) is 4.67. The smallest absolute Gasteiger partial charge is 0.255 e. The number of imide groups is 1. The van der Waals surface area contributed by atoms with E-state index in [0.29, 0.717) is 30.1 Å². The molecule has 3 unspecified atom stereocenters. The monoisotopic (exact) mass is 396 g/mol. The number of benzene rings is 1. The van der Waals surface area contributed by atoms with Crippen molar-refractivity contribution in [2.75, 3.05) is 6.54 Å². The molecule has 2 saturated heterocycles. The Morgan fingerprint density at radius 1 is 1.17 bits per heavy atom. The molecule has 0 aromatic heterocycles. The van der Waals surface area contributed by atoms with Crippen LogP contribution in [-0.2, 0) is 22.7 Å². The molecule has 1 saturated carbocycles. The van der Waals surface area contributed by atoms with Crippen LogP contribution in [0.15, 0.2) is 18.2 Å². The molecule has 1 aliphatic carbocycles. The van der Waals surface area contributed by atoms with E-state index in [9.17, 15) is 14.4 Å². The molecule has 3 aliphatic heterocycles. The van der Waals surface area contributed by atoms with Crippen LogP contribution in [0.25, 0.3) is 0 Å². The van der Waals surface area contributed by atoms with Crippen LogP contribution in [0.2, 0.25) is 0 Å². The maximum atomic E-state index is 12.9. The summed E-state index contributed by atoms with van der Waals surface area (Å²) in [4.78, 5) is 38.3. The molecule has 3 amide bonds. The van der Waals surface area contributed by atoms with Gasteiger partial charge < -0.3 is 15.5 Å². The van der Waals surface area contributed by atoms with E-state index in [2.05, 4.69) is 22.0 Å². The summed E-state index contributed by atoms with van der Waals surface area (Å²) in [6.45, 7) is 2.31. The fourth-order valence-electron chi connectivity index (χ4n) is 5.63. The second-order valence-corrected chi connectivity index (χ2v) is 8.97. The molecular weight excluding hydrogens is 368 g/mol. The zero-order valence-corrected chi connectivity index (χ0v) is 16.6. The van der Waals surface area contributed by atoms with E-state index in [4.69, 9.17) is 0 Å². The zero-order valence-electron chi connectivity index (χ0n) is 16.6. The Bertz CT molecular complexity index is 862. The van der Waals surface area contributed by atoms with Gasteiger partial charge in [0, 0.05) is 36.7 Å². The van der Waals surface area contributed by atoms with Crippen molar-refractivity contribution in [2.45, 2.75) is 75.7 Å². The Morgan fingerprint density at radius 3 is 2.86 bits per heavy atom. The molecule has 154 valence electrons.